The van der Waals surface area contributed by atoms with Gasteiger partial charge in [0.05, 0.1) is 19.3 Å². The van der Waals surface area contributed by atoms with E-state index in [1.807, 2.05) is 0 Å². The highest BCUT2D eigenvalue weighted by molar-refractivity contribution is 5.01. The van der Waals surface area contributed by atoms with Gasteiger partial charge in [-0.2, -0.15) is 0 Å². The maximum Gasteiger partial charge on any atom is 0.127 e. The molecule has 0 bridgehead atoms. The third-order valence-electron chi connectivity index (χ3n) is 2.07. The van der Waals surface area contributed by atoms with Crippen LogP contribution in [0.5, 0.6) is 0 Å². The molecule has 1 fully saturated rings. The van der Waals surface area contributed by atoms with E-state index in [4.69, 9.17) is 10.2 Å². The van der Waals surface area contributed by atoms with Crippen molar-refractivity contribution in [3.8, 4) is 0 Å². The van der Waals surface area contributed by atoms with Crippen LogP contribution in [0, 0.1) is 0 Å². The van der Waals surface area contributed by atoms with Crippen LogP contribution in [-0.4, -0.2) is 57.9 Å². The second-order valence-electron chi connectivity index (χ2n) is 2.88. The number of aliphatic hydroxyl groups excluding tert-OH is 3. The fraction of sp³-hybridized carbons (Fsp3) is 1.00. The molecule has 1 heterocycles. The van der Waals surface area contributed by atoms with Gasteiger partial charge in [-0.1, -0.05) is 0 Å². The lowest BCUT2D eigenvalue weighted by molar-refractivity contribution is -0.0842. The minimum Gasteiger partial charge on any atom is -0.395 e. The molecule has 0 saturated carbocycles. The fourth-order valence-corrected chi connectivity index (χ4v) is 1.21. The van der Waals surface area contributed by atoms with E-state index in [1.165, 1.54) is 0 Å². The van der Waals surface area contributed by atoms with E-state index < -0.39 is 24.4 Å². The molecule has 1 aliphatic heterocycles. The van der Waals surface area contributed by atoms with Crippen LogP contribution in [0.4, 0.5) is 0 Å². The van der Waals surface area contributed by atoms with Crippen LogP contribution in [0.25, 0.3) is 0 Å². The Morgan fingerprint density at radius 2 is 2.09 bits per heavy atom. The van der Waals surface area contributed by atoms with Gasteiger partial charge in [0.15, 0.2) is 0 Å². The summed E-state index contributed by atoms with van der Waals surface area (Å²) in [7, 11) is 0. The van der Waals surface area contributed by atoms with Crippen LogP contribution in [0.2, 0.25) is 0 Å². The first-order valence-electron chi connectivity index (χ1n) is 3.49. The summed E-state index contributed by atoms with van der Waals surface area (Å²) in [5, 5.41) is 38.7. The Morgan fingerprint density at radius 3 is 2.36 bits per heavy atom. The first kappa shape index (κ1) is 8.89. The fourth-order valence-electron chi connectivity index (χ4n) is 1.21. The third-order valence-corrected chi connectivity index (χ3v) is 2.07. The van der Waals surface area contributed by atoms with Gasteiger partial charge in [-0.25, -0.2) is 0 Å². The van der Waals surface area contributed by atoms with E-state index in [-0.39, 0.29) is 13.2 Å². The van der Waals surface area contributed by atoms with Crippen molar-refractivity contribution in [2.45, 2.75) is 17.7 Å². The van der Waals surface area contributed by atoms with E-state index in [2.05, 4.69) is 5.32 Å². The lowest BCUT2D eigenvalue weighted by Gasteiger charge is -2.24. The van der Waals surface area contributed by atoms with Crippen molar-refractivity contribution in [3.05, 3.63) is 0 Å². The molecule has 0 aromatic heterocycles. The van der Waals surface area contributed by atoms with E-state index in [9.17, 15) is 10.2 Å². The molecule has 1 saturated heterocycles. The summed E-state index contributed by atoms with van der Waals surface area (Å²) in [6.45, 7) is -0.642. The van der Waals surface area contributed by atoms with E-state index in [0.717, 1.165) is 0 Å². The van der Waals surface area contributed by atoms with Gasteiger partial charge in [-0.3, -0.25) is 0 Å². The number of rotatable bonds is 2. The second-order valence-corrected chi connectivity index (χ2v) is 2.88. The van der Waals surface area contributed by atoms with Crippen LogP contribution in [-0.2, 0) is 0 Å². The molecule has 0 aliphatic carbocycles. The molecule has 5 heteroatoms. The van der Waals surface area contributed by atoms with Crippen molar-refractivity contribution in [2.24, 2.45) is 0 Å². The monoisotopic (exact) mass is 163 g/mol. The van der Waals surface area contributed by atoms with Crippen molar-refractivity contribution in [3.63, 3.8) is 0 Å². The van der Waals surface area contributed by atoms with Crippen LogP contribution in [0.3, 0.4) is 0 Å². The van der Waals surface area contributed by atoms with Gasteiger partial charge >= 0.3 is 0 Å². The standard InChI is InChI=1S/C6H13NO4/c8-1-4-5(10)6(11,3-9)2-7-4/h4-5,7-11H,1-3H2/t4-,5+,6-/m1/s1. The van der Waals surface area contributed by atoms with E-state index in [1.54, 1.807) is 0 Å². The smallest absolute Gasteiger partial charge is 0.127 e. The number of hydrogen-bond acceptors (Lipinski definition) is 5. The molecule has 0 radical (unpaired) electrons. The molecular formula is C6H13NO4. The van der Waals surface area contributed by atoms with Crippen molar-refractivity contribution < 1.29 is 20.4 Å². The van der Waals surface area contributed by atoms with Crippen LogP contribution >= 0.6 is 0 Å². The highest BCUT2D eigenvalue weighted by Gasteiger charge is 2.45. The molecule has 0 unspecified atom stereocenters. The molecule has 0 spiro atoms. The molecule has 11 heavy (non-hydrogen) atoms. The van der Waals surface area contributed by atoms with Crippen molar-refractivity contribution in [1.82, 2.24) is 5.32 Å². The van der Waals surface area contributed by atoms with Gasteiger partial charge in [-0.05, 0) is 0 Å². The van der Waals surface area contributed by atoms with Crippen LogP contribution in [0.15, 0.2) is 0 Å². The normalized spacial score (nSPS) is 44.7. The SMILES string of the molecule is OC[C@H]1NC[C@@](O)(CO)[C@H]1O. The molecular weight excluding hydrogens is 150 g/mol. The summed E-state index contributed by atoms with van der Waals surface area (Å²) in [5.74, 6) is 0. The molecule has 1 rings (SSSR count). The lowest BCUT2D eigenvalue weighted by atomic mass is 9.98. The molecule has 66 valence electrons. The molecule has 1 aliphatic rings. The van der Waals surface area contributed by atoms with Crippen LogP contribution < -0.4 is 5.32 Å². The summed E-state index contributed by atoms with van der Waals surface area (Å²) >= 11 is 0. The summed E-state index contributed by atoms with van der Waals surface area (Å²) in [6.07, 6.45) is -1.10. The van der Waals surface area contributed by atoms with Gasteiger partial charge in [0.25, 0.3) is 0 Å². The van der Waals surface area contributed by atoms with Gasteiger partial charge in [0.2, 0.25) is 0 Å². The van der Waals surface area contributed by atoms with Gasteiger partial charge < -0.3 is 25.7 Å². The molecule has 0 amide bonds. The number of aliphatic hydroxyl groups is 4. The highest BCUT2D eigenvalue weighted by Crippen LogP contribution is 2.18. The topological polar surface area (TPSA) is 93.0 Å². The zero-order valence-electron chi connectivity index (χ0n) is 6.06. The average Bonchev–Trinajstić information content (AvgIpc) is 2.31. The Hall–Kier alpha value is -0.200. The second kappa shape index (κ2) is 3.04. The third kappa shape index (κ3) is 1.38. The number of hydrogen-bond donors (Lipinski definition) is 5. The van der Waals surface area contributed by atoms with Gasteiger partial charge in [0, 0.05) is 6.54 Å². The Labute approximate surface area is 64.3 Å². The summed E-state index contributed by atoms with van der Waals surface area (Å²) < 4.78 is 0. The summed E-state index contributed by atoms with van der Waals surface area (Å²) in [6, 6.07) is -0.535. The molecule has 3 atom stereocenters. The molecule has 0 aromatic carbocycles. The maximum absolute atomic E-state index is 9.40. The predicted octanol–water partition coefficient (Wildman–Crippen LogP) is -2.97. The van der Waals surface area contributed by atoms with E-state index >= 15 is 0 Å². The minimum absolute atomic E-state index is 0.107. The van der Waals surface area contributed by atoms with Crippen molar-refractivity contribution in [1.29, 1.82) is 0 Å². The largest absolute Gasteiger partial charge is 0.395 e. The molecule has 5 nitrogen and oxygen atoms in total. The Morgan fingerprint density at radius 1 is 1.45 bits per heavy atom. The first-order chi connectivity index (χ1) is 5.14. The van der Waals surface area contributed by atoms with Crippen molar-refractivity contribution >= 4 is 0 Å². The Balaban J connectivity index is 2.61. The first-order valence-corrected chi connectivity index (χ1v) is 3.49. The Bertz CT molecular complexity index is 143. The van der Waals surface area contributed by atoms with E-state index in [0.29, 0.717) is 0 Å². The van der Waals surface area contributed by atoms with Gasteiger partial charge in [-0.15, -0.1) is 0 Å². The zero-order valence-corrected chi connectivity index (χ0v) is 6.06. The average molecular weight is 163 g/mol. The molecule has 0 aromatic rings. The summed E-state index contributed by atoms with van der Waals surface area (Å²) in [4.78, 5) is 0. The number of nitrogens with one attached hydrogen (secondary N) is 1. The van der Waals surface area contributed by atoms with Crippen LogP contribution in [0.1, 0.15) is 0 Å². The highest BCUT2D eigenvalue weighted by atomic mass is 16.4. The molecule has 5 N–H and O–H groups in total. The minimum atomic E-state index is -1.49. The lowest BCUT2D eigenvalue weighted by Crippen LogP contribution is -2.47. The zero-order chi connectivity index (χ0) is 8.48. The van der Waals surface area contributed by atoms with Crippen molar-refractivity contribution in [2.75, 3.05) is 19.8 Å². The Kier molecular flexibility index (Phi) is 2.46. The quantitative estimate of drug-likeness (QED) is 0.300. The number of β-amino-alcohol motifs (C(OH)–C–C–N with tert-alkyl or cyclic N) is 1. The van der Waals surface area contributed by atoms with Gasteiger partial charge in [0.1, 0.15) is 11.7 Å². The predicted molar refractivity (Wildman–Crippen MR) is 36.9 cm³/mol. The summed E-state index contributed by atoms with van der Waals surface area (Å²) in [5.41, 5.74) is -1.49. The maximum atomic E-state index is 9.40.